The molecule has 22 heavy (non-hydrogen) atoms. The molecule has 1 aromatic carbocycles. The number of aromatic amines is 1. The van der Waals surface area contributed by atoms with Crippen molar-refractivity contribution in [2.75, 3.05) is 0 Å². The van der Waals surface area contributed by atoms with E-state index in [1.807, 2.05) is 6.07 Å². The molecule has 3 aromatic heterocycles. The predicted octanol–water partition coefficient (Wildman–Crippen LogP) is 1.92. The van der Waals surface area contributed by atoms with Crippen molar-refractivity contribution in [3.05, 3.63) is 41.9 Å². The number of nitrogens with one attached hydrogen (secondary N) is 1. The summed E-state index contributed by atoms with van der Waals surface area (Å²) < 4.78 is 0. The molecule has 0 fully saturated rings. The highest BCUT2D eigenvalue weighted by atomic mass is 35.5. The van der Waals surface area contributed by atoms with Crippen LogP contribution in [-0.2, 0) is 0 Å². The molecule has 1 N–H and O–H groups in total. The molecular formula is C13H7ClN8. The van der Waals surface area contributed by atoms with Crippen molar-refractivity contribution in [1.82, 2.24) is 40.6 Å². The second-order valence-electron chi connectivity index (χ2n) is 4.41. The predicted molar refractivity (Wildman–Crippen MR) is 78.7 cm³/mol. The van der Waals surface area contributed by atoms with E-state index in [9.17, 15) is 0 Å². The first-order chi connectivity index (χ1) is 10.8. The highest BCUT2D eigenvalue weighted by Gasteiger charge is 2.10. The van der Waals surface area contributed by atoms with Gasteiger partial charge in [-0.15, -0.1) is 10.2 Å². The van der Waals surface area contributed by atoms with Gasteiger partial charge in [0.2, 0.25) is 5.82 Å². The van der Waals surface area contributed by atoms with Crippen LogP contribution >= 0.6 is 11.6 Å². The molecule has 0 aliphatic rings. The third-order valence-corrected chi connectivity index (χ3v) is 3.35. The third-order valence-electron chi connectivity index (χ3n) is 3.06. The highest BCUT2D eigenvalue weighted by molar-refractivity contribution is 6.35. The van der Waals surface area contributed by atoms with Crippen molar-refractivity contribution >= 4 is 22.6 Å². The van der Waals surface area contributed by atoms with Crippen molar-refractivity contribution in [3.8, 4) is 22.8 Å². The van der Waals surface area contributed by atoms with E-state index in [1.165, 1.54) is 6.33 Å². The number of aromatic nitrogens is 8. The molecule has 0 aliphatic heterocycles. The van der Waals surface area contributed by atoms with E-state index in [-0.39, 0.29) is 0 Å². The molecule has 4 aromatic rings. The van der Waals surface area contributed by atoms with Gasteiger partial charge in [0, 0.05) is 18.0 Å². The quantitative estimate of drug-likeness (QED) is 0.602. The van der Waals surface area contributed by atoms with Gasteiger partial charge in [-0.3, -0.25) is 9.97 Å². The van der Waals surface area contributed by atoms with Gasteiger partial charge < -0.3 is 0 Å². The van der Waals surface area contributed by atoms with E-state index in [4.69, 9.17) is 11.6 Å². The smallest absolute Gasteiger partial charge is 0.223 e. The molecule has 0 aliphatic carbocycles. The highest BCUT2D eigenvalue weighted by Crippen LogP contribution is 2.28. The van der Waals surface area contributed by atoms with Crippen molar-refractivity contribution in [1.29, 1.82) is 0 Å². The molecule has 0 spiro atoms. The zero-order chi connectivity index (χ0) is 14.9. The summed E-state index contributed by atoms with van der Waals surface area (Å²) in [5.74, 6) is 0.398. The van der Waals surface area contributed by atoms with E-state index < -0.39 is 0 Å². The number of rotatable bonds is 2. The Bertz CT molecular complexity index is 953. The number of H-pyrrole nitrogens is 1. The van der Waals surface area contributed by atoms with Crippen molar-refractivity contribution in [2.45, 2.75) is 0 Å². The largest absolute Gasteiger partial charge is 0.253 e. The summed E-state index contributed by atoms with van der Waals surface area (Å²) in [6, 6.07) is 5.43. The van der Waals surface area contributed by atoms with E-state index in [0.29, 0.717) is 33.3 Å². The average molecular weight is 311 g/mol. The third kappa shape index (κ3) is 2.15. The monoisotopic (exact) mass is 310 g/mol. The minimum Gasteiger partial charge on any atom is -0.253 e. The molecule has 0 saturated heterocycles. The first-order valence-electron chi connectivity index (χ1n) is 6.28. The average Bonchev–Trinajstić information content (AvgIpc) is 3.09. The van der Waals surface area contributed by atoms with Crippen LogP contribution in [0.5, 0.6) is 0 Å². The standard InChI is InChI=1S/C13H7ClN8/c14-8-3-7(4-10-12(8)16-2-1-15-10)9-5-11(18-6-17-9)13-19-21-22-20-13/h1-6H,(H,19,20,21,22). The molecule has 4 rings (SSSR count). The van der Waals surface area contributed by atoms with Gasteiger partial charge in [0.1, 0.15) is 17.5 Å². The van der Waals surface area contributed by atoms with E-state index in [0.717, 1.165) is 5.56 Å². The molecule has 9 heteroatoms. The lowest BCUT2D eigenvalue weighted by atomic mass is 10.1. The van der Waals surface area contributed by atoms with E-state index >= 15 is 0 Å². The fraction of sp³-hybridized carbons (Fsp3) is 0. The van der Waals surface area contributed by atoms with Crippen LogP contribution in [0.3, 0.4) is 0 Å². The maximum absolute atomic E-state index is 6.27. The summed E-state index contributed by atoms with van der Waals surface area (Å²) in [5.41, 5.74) is 3.41. The Hall–Kier alpha value is -3.00. The summed E-state index contributed by atoms with van der Waals surface area (Å²) in [7, 11) is 0. The normalized spacial score (nSPS) is 11.0. The minimum atomic E-state index is 0.398. The summed E-state index contributed by atoms with van der Waals surface area (Å²) >= 11 is 6.27. The first-order valence-corrected chi connectivity index (χ1v) is 6.65. The number of halogens is 1. The number of benzene rings is 1. The number of hydrogen-bond donors (Lipinski definition) is 1. The lowest BCUT2D eigenvalue weighted by molar-refractivity contribution is 0.881. The maximum atomic E-state index is 6.27. The zero-order valence-electron chi connectivity index (χ0n) is 11.0. The van der Waals surface area contributed by atoms with E-state index in [1.54, 1.807) is 24.5 Å². The van der Waals surface area contributed by atoms with Gasteiger partial charge in [-0.25, -0.2) is 9.97 Å². The Kier molecular flexibility index (Phi) is 2.94. The molecular weight excluding hydrogens is 304 g/mol. The second kappa shape index (κ2) is 5.08. The fourth-order valence-electron chi connectivity index (χ4n) is 2.09. The Morgan fingerprint density at radius 1 is 0.909 bits per heavy atom. The summed E-state index contributed by atoms with van der Waals surface area (Å²) in [4.78, 5) is 16.9. The topological polar surface area (TPSA) is 106 Å². The van der Waals surface area contributed by atoms with Gasteiger partial charge in [-0.05, 0) is 23.4 Å². The zero-order valence-corrected chi connectivity index (χ0v) is 11.7. The van der Waals surface area contributed by atoms with Crippen molar-refractivity contribution in [2.24, 2.45) is 0 Å². The number of fused-ring (bicyclic) bond motifs is 1. The van der Waals surface area contributed by atoms with Crippen molar-refractivity contribution < 1.29 is 0 Å². The van der Waals surface area contributed by atoms with Gasteiger partial charge in [-0.1, -0.05) is 11.6 Å². The molecule has 0 saturated carbocycles. The number of hydrogen-bond acceptors (Lipinski definition) is 7. The van der Waals surface area contributed by atoms with Crippen LogP contribution in [0.25, 0.3) is 33.8 Å². The SMILES string of the molecule is Clc1cc(-c2cc(-c3nn[nH]n3)ncn2)cc2nccnc12. The molecule has 0 bridgehead atoms. The maximum Gasteiger partial charge on any atom is 0.223 e. The van der Waals surface area contributed by atoms with Crippen LogP contribution in [0, 0.1) is 0 Å². The summed E-state index contributed by atoms with van der Waals surface area (Å²) in [5, 5.41) is 14.2. The van der Waals surface area contributed by atoms with Crippen LogP contribution in [0.1, 0.15) is 0 Å². The van der Waals surface area contributed by atoms with Crippen LogP contribution in [0.4, 0.5) is 0 Å². The molecule has 8 nitrogen and oxygen atoms in total. The Labute approximate surface area is 128 Å². The molecule has 0 amide bonds. The van der Waals surface area contributed by atoms with Gasteiger partial charge >= 0.3 is 0 Å². The minimum absolute atomic E-state index is 0.398. The Balaban J connectivity index is 1.87. The van der Waals surface area contributed by atoms with Crippen LogP contribution in [-0.4, -0.2) is 40.6 Å². The molecule has 3 heterocycles. The summed E-state index contributed by atoms with van der Waals surface area (Å²) in [6.45, 7) is 0. The van der Waals surface area contributed by atoms with Gasteiger partial charge in [0.25, 0.3) is 0 Å². The van der Waals surface area contributed by atoms with Gasteiger partial charge in [0.05, 0.1) is 16.2 Å². The lowest BCUT2D eigenvalue weighted by Gasteiger charge is -2.05. The Morgan fingerprint density at radius 2 is 1.77 bits per heavy atom. The van der Waals surface area contributed by atoms with Crippen LogP contribution < -0.4 is 0 Å². The Morgan fingerprint density at radius 3 is 2.64 bits per heavy atom. The fourth-order valence-corrected chi connectivity index (χ4v) is 2.35. The molecule has 106 valence electrons. The van der Waals surface area contributed by atoms with Gasteiger partial charge in [0.15, 0.2) is 0 Å². The van der Waals surface area contributed by atoms with E-state index in [2.05, 4.69) is 40.6 Å². The van der Waals surface area contributed by atoms with Crippen LogP contribution in [0.2, 0.25) is 5.02 Å². The number of nitrogens with zero attached hydrogens (tertiary/aromatic N) is 7. The van der Waals surface area contributed by atoms with Crippen LogP contribution in [0.15, 0.2) is 36.9 Å². The number of tetrazole rings is 1. The molecule has 0 radical (unpaired) electrons. The first kappa shape index (κ1) is 12.7. The summed E-state index contributed by atoms with van der Waals surface area (Å²) in [6.07, 6.45) is 4.66. The van der Waals surface area contributed by atoms with Gasteiger partial charge in [-0.2, -0.15) is 5.21 Å². The van der Waals surface area contributed by atoms with Crippen molar-refractivity contribution in [3.63, 3.8) is 0 Å². The molecule has 0 atom stereocenters. The second-order valence-corrected chi connectivity index (χ2v) is 4.81. The lowest BCUT2D eigenvalue weighted by Crippen LogP contribution is -1.92. The molecule has 0 unspecified atom stereocenters.